The molecule has 0 aliphatic carbocycles. The van der Waals surface area contributed by atoms with Crippen LogP contribution in [0.5, 0.6) is 0 Å². The molecule has 4 nitrogen and oxygen atoms in total. The molecule has 0 radical (unpaired) electrons. The molecule has 3 rings (SSSR count). The van der Waals surface area contributed by atoms with Crippen molar-refractivity contribution in [3.05, 3.63) is 59.3 Å². The van der Waals surface area contributed by atoms with Crippen molar-refractivity contribution in [3.63, 3.8) is 0 Å². The van der Waals surface area contributed by atoms with E-state index < -0.39 is 5.97 Å². The lowest BCUT2D eigenvalue weighted by Gasteiger charge is -2.09. The number of hydrogen-bond donors (Lipinski definition) is 1. The van der Waals surface area contributed by atoms with Crippen molar-refractivity contribution in [2.24, 2.45) is 0 Å². The summed E-state index contributed by atoms with van der Waals surface area (Å²) in [6.45, 7) is 0. The van der Waals surface area contributed by atoms with E-state index in [1.54, 1.807) is 48.5 Å². The number of carboxylic acid groups (broad SMARTS) is 1. The van der Waals surface area contributed by atoms with Crippen molar-refractivity contribution < 1.29 is 14.6 Å². The van der Waals surface area contributed by atoms with E-state index in [4.69, 9.17) is 0 Å². The number of benzene rings is 2. The maximum atomic E-state index is 12.2. The quantitative estimate of drug-likeness (QED) is 0.402. The number of nitrogens with zero attached hydrogens (tertiary/aromatic N) is 1. The third-order valence-electron chi connectivity index (χ3n) is 3.00. The first kappa shape index (κ1) is 10.5. The molecule has 0 aliphatic heterocycles. The molecule has 0 saturated heterocycles. The highest BCUT2D eigenvalue weighted by Gasteiger charge is 2.20. The van der Waals surface area contributed by atoms with Crippen LogP contribution in [0.2, 0.25) is 0 Å². The van der Waals surface area contributed by atoms with Crippen molar-refractivity contribution in [3.8, 4) is 0 Å². The molecule has 0 spiro atoms. The van der Waals surface area contributed by atoms with Gasteiger partial charge in [0.1, 0.15) is 0 Å². The number of aromatic nitrogens is 1. The second-order valence-corrected chi connectivity index (χ2v) is 4.01. The van der Waals surface area contributed by atoms with Gasteiger partial charge in [0.05, 0.1) is 16.3 Å². The predicted molar refractivity (Wildman–Crippen MR) is 67.4 cm³/mol. The first-order valence-electron chi connectivity index (χ1n) is 5.46. The van der Waals surface area contributed by atoms with E-state index in [1.807, 2.05) is 0 Å². The molecule has 4 heteroatoms. The summed E-state index contributed by atoms with van der Waals surface area (Å²) in [4.78, 5) is 11.4. The first-order valence-corrected chi connectivity index (χ1v) is 5.46. The summed E-state index contributed by atoms with van der Waals surface area (Å²) in [5.74, 6) is -1.02. The molecule has 1 aromatic heterocycles. The van der Waals surface area contributed by atoms with Gasteiger partial charge in [0.2, 0.25) is 11.0 Å². The Bertz CT molecular complexity index is 723. The van der Waals surface area contributed by atoms with E-state index in [0.29, 0.717) is 21.8 Å². The second kappa shape index (κ2) is 3.70. The van der Waals surface area contributed by atoms with Crippen LogP contribution in [0.25, 0.3) is 21.8 Å². The van der Waals surface area contributed by atoms with Crippen LogP contribution in [-0.2, 0) is 0 Å². The largest absolute Gasteiger partial charge is 0.618 e. The van der Waals surface area contributed by atoms with Gasteiger partial charge in [-0.3, -0.25) is 0 Å². The third kappa shape index (κ3) is 1.32. The monoisotopic (exact) mass is 239 g/mol. The summed E-state index contributed by atoms with van der Waals surface area (Å²) in [5.41, 5.74) is 0.913. The second-order valence-electron chi connectivity index (χ2n) is 4.01. The van der Waals surface area contributed by atoms with Crippen LogP contribution in [0.15, 0.2) is 48.5 Å². The van der Waals surface area contributed by atoms with Crippen molar-refractivity contribution in [1.29, 1.82) is 0 Å². The lowest BCUT2D eigenvalue weighted by atomic mass is 10.0. The highest BCUT2D eigenvalue weighted by atomic mass is 16.5. The minimum absolute atomic E-state index is 0.174. The molecule has 88 valence electrons. The van der Waals surface area contributed by atoms with E-state index >= 15 is 0 Å². The van der Waals surface area contributed by atoms with Crippen LogP contribution in [-0.4, -0.2) is 11.1 Å². The number of carboxylic acids is 1. The van der Waals surface area contributed by atoms with Crippen LogP contribution >= 0.6 is 0 Å². The number of pyridine rings is 1. The fraction of sp³-hybridized carbons (Fsp3) is 0. The number of fused-ring (bicyclic) bond motifs is 2. The SMILES string of the molecule is O=C(O)c1c2ccccc2[n+]([O-])c2ccccc12. The van der Waals surface area contributed by atoms with Crippen LogP contribution < -0.4 is 4.73 Å². The van der Waals surface area contributed by atoms with E-state index in [-0.39, 0.29) is 5.56 Å². The zero-order chi connectivity index (χ0) is 12.7. The molecule has 0 aliphatic rings. The summed E-state index contributed by atoms with van der Waals surface area (Å²) in [6.07, 6.45) is 0. The Morgan fingerprint density at radius 3 is 1.83 bits per heavy atom. The van der Waals surface area contributed by atoms with Gasteiger partial charge < -0.3 is 10.3 Å². The van der Waals surface area contributed by atoms with Crippen LogP contribution in [0.3, 0.4) is 0 Å². The lowest BCUT2D eigenvalue weighted by molar-refractivity contribution is -0.547. The maximum Gasteiger partial charge on any atom is 0.337 e. The van der Waals surface area contributed by atoms with E-state index in [1.165, 1.54) is 0 Å². The molecule has 2 aromatic carbocycles. The molecular formula is C14H9NO3. The molecule has 18 heavy (non-hydrogen) atoms. The number of hydrogen-bond acceptors (Lipinski definition) is 2. The third-order valence-corrected chi connectivity index (χ3v) is 3.00. The highest BCUT2D eigenvalue weighted by Crippen LogP contribution is 2.24. The molecule has 3 aromatic rings. The Morgan fingerprint density at radius 2 is 1.39 bits per heavy atom. The molecule has 0 bridgehead atoms. The normalized spacial score (nSPS) is 10.9. The fourth-order valence-electron chi connectivity index (χ4n) is 2.23. The molecule has 0 amide bonds. The van der Waals surface area contributed by atoms with Crippen LogP contribution in [0.4, 0.5) is 0 Å². The zero-order valence-electron chi connectivity index (χ0n) is 9.33. The van der Waals surface area contributed by atoms with Gasteiger partial charge in [-0.25, -0.2) is 4.79 Å². The van der Waals surface area contributed by atoms with E-state index in [0.717, 1.165) is 4.73 Å². The molecule has 1 N–H and O–H groups in total. The average Bonchev–Trinajstić information content (AvgIpc) is 2.39. The van der Waals surface area contributed by atoms with Crippen molar-refractivity contribution in [1.82, 2.24) is 0 Å². The van der Waals surface area contributed by atoms with Crippen molar-refractivity contribution in [2.75, 3.05) is 0 Å². The fourth-order valence-corrected chi connectivity index (χ4v) is 2.23. The topological polar surface area (TPSA) is 64.2 Å². The Morgan fingerprint density at radius 1 is 0.944 bits per heavy atom. The summed E-state index contributed by atoms with van der Waals surface area (Å²) in [5, 5.41) is 22.5. The zero-order valence-corrected chi connectivity index (χ0v) is 9.33. The Hall–Kier alpha value is -2.62. The summed E-state index contributed by atoms with van der Waals surface area (Å²) in [7, 11) is 0. The van der Waals surface area contributed by atoms with Gasteiger partial charge in [0.15, 0.2) is 0 Å². The minimum atomic E-state index is -1.02. The van der Waals surface area contributed by atoms with Crippen LogP contribution in [0.1, 0.15) is 10.4 Å². The van der Waals surface area contributed by atoms with Gasteiger partial charge >= 0.3 is 5.97 Å². The van der Waals surface area contributed by atoms with Gasteiger partial charge in [0.25, 0.3) is 0 Å². The van der Waals surface area contributed by atoms with Gasteiger partial charge in [-0.05, 0) is 12.1 Å². The standard InChI is InChI=1S/C14H9NO3/c16-14(17)13-9-5-1-3-7-11(9)15(18)12-8-4-2-6-10(12)13/h1-8H,(H,16,17). The van der Waals surface area contributed by atoms with Gasteiger partial charge in [0, 0.05) is 12.1 Å². The lowest BCUT2D eigenvalue weighted by Crippen LogP contribution is -2.29. The van der Waals surface area contributed by atoms with Crippen molar-refractivity contribution >= 4 is 27.8 Å². The maximum absolute atomic E-state index is 12.2. The van der Waals surface area contributed by atoms with Crippen LogP contribution in [0, 0.1) is 5.21 Å². The smallest absolute Gasteiger partial charge is 0.337 e. The Labute approximate surface area is 102 Å². The molecule has 1 heterocycles. The molecule has 0 saturated carbocycles. The number of rotatable bonds is 1. The Balaban J connectivity index is 2.67. The van der Waals surface area contributed by atoms with Crippen molar-refractivity contribution in [2.45, 2.75) is 0 Å². The summed E-state index contributed by atoms with van der Waals surface area (Å²) in [6, 6.07) is 13.4. The summed E-state index contributed by atoms with van der Waals surface area (Å²) < 4.78 is 0.775. The number of aromatic carboxylic acids is 1. The predicted octanol–water partition coefficient (Wildman–Crippen LogP) is 2.32. The average molecular weight is 239 g/mol. The van der Waals surface area contributed by atoms with Gasteiger partial charge in [-0.1, -0.05) is 24.3 Å². The number of para-hydroxylation sites is 2. The van der Waals surface area contributed by atoms with Gasteiger partial charge in [-0.15, -0.1) is 0 Å². The first-order chi connectivity index (χ1) is 8.70. The minimum Gasteiger partial charge on any atom is -0.618 e. The summed E-state index contributed by atoms with van der Waals surface area (Å²) >= 11 is 0. The molecule has 0 fully saturated rings. The number of carbonyl (C=O) groups is 1. The van der Waals surface area contributed by atoms with Gasteiger partial charge in [-0.2, -0.15) is 4.73 Å². The van der Waals surface area contributed by atoms with E-state index in [2.05, 4.69) is 0 Å². The highest BCUT2D eigenvalue weighted by molar-refractivity contribution is 6.12. The molecular weight excluding hydrogens is 230 g/mol. The molecule has 0 atom stereocenters. The molecule has 0 unspecified atom stereocenters. The van der Waals surface area contributed by atoms with E-state index in [9.17, 15) is 15.1 Å². The Kier molecular flexibility index (Phi) is 2.16.